The first kappa shape index (κ1) is 23.5. The second-order valence-electron chi connectivity index (χ2n) is 7.99. The summed E-state index contributed by atoms with van der Waals surface area (Å²) in [6.45, 7) is 0.328. The number of aromatic amines is 1. The molecule has 0 aliphatic carbocycles. The Morgan fingerprint density at radius 3 is 2.14 bits per heavy atom. The van der Waals surface area contributed by atoms with Crippen molar-refractivity contribution in [3.63, 3.8) is 0 Å². The summed E-state index contributed by atoms with van der Waals surface area (Å²) in [5.74, 6) is -0.318. The van der Waals surface area contributed by atoms with Crippen LogP contribution in [0.4, 0.5) is 11.5 Å². The first-order chi connectivity index (χ1) is 16.9. The van der Waals surface area contributed by atoms with Gasteiger partial charge in [-0.3, -0.25) is 14.7 Å². The number of amides is 2. The minimum atomic E-state index is -0.599. The molecule has 9 nitrogen and oxygen atoms in total. The Balaban J connectivity index is 1.41. The Morgan fingerprint density at radius 2 is 1.51 bits per heavy atom. The molecule has 178 valence electrons. The molecule has 0 saturated heterocycles. The van der Waals surface area contributed by atoms with E-state index in [1.165, 1.54) is 0 Å². The number of nitrogens with one attached hydrogen (secondary N) is 3. The summed E-state index contributed by atoms with van der Waals surface area (Å²) in [5, 5.41) is 31.6. The van der Waals surface area contributed by atoms with Crippen molar-refractivity contribution in [2.75, 3.05) is 10.6 Å². The highest BCUT2D eigenvalue weighted by Crippen LogP contribution is 2.21. The van der Waals surface area contributed by atoms with Gasteiger partial charge in [-0.25, -0.2) is 0 Å². The molecule has 0 aliphatic rings. The van der Waals surface area contributed by atoms with Crippen LogP contribution in [0.25, 0.3) is 0 Å². The maximum Gasteiger partial charge on any atom is 0.255 e. The molecule has 7 N–H and O–H groups in total. The number of nitrogens with zero attached hydrogens (tertiary/aromatic N) is 1. The van der Waals surface area contributed by atoms with Crippen molar-refractivity contribution < 1.29 is 19.8 Å². The number of carbonyl (C=O) groups excluding carboxylic acids is 2. The van der Waals surface area contributed by atoms with Crippen molar-refractivity contribution in [3.05, 3.63) is 106 Å². The van der Waals surface area contributed by atoms with Crippen LogP contribution in [0.5, 0.6) is 5.75 Å². The Hall–Kier alpha value is -4.63. The molecule has 35 heavy (non-hydrogen) atoms. The zero-order valence-electron chi connectivity index (χ0n) is 18.8. The number of aliphatic hydroxyl groups excluding tert-OH is 1. The summed E-state index contributed by atoms with van der Waals surface area (Å²) in [4.78, 5) is 24.6. The van der Waals surface area contributed by atoms with Gasteiger partial charge in [0.15, 0.2) is 5.82 Å². The lowest BCUT2D eigenvalue weighted by atomic mass is 10.1. The average Bonchev–Trinajstić information content (AvgIpc) is 3.27. The van der Waals surface area contributed by atoms with Gasteiger partial charge in [0.25, 0.3) is 11.8 Å². The van der Waals surface area contributed by atoms with E-state index in [-0.39, 0.29) is 23.8 Å². The molecule has 0 spiro atoms. The zero-order valence-corrected chi connectivity index (χ0v) is 18.8. The predicted molar refractivity (Wildman–Crippen MR) is 132 cm³/mol. The molecule has 2 amide bonds. The molecule has 1 aromatic heterocycles. The number of carbonyl (C=O) groups is 2. The van der Waals surface area contributed by atoms with E-state index < -0.39 is 5.91 Å². The van der Waals surface area contributed by atoms with Crippen LogP contribution in [0.2, 0.25) is 0 Å². The molecule has 0 saturated carbocycles. The maximum atomic E-state index is 12.4. The third kappa shape index (κ3) is 5.84. The molecular formula is C26H25N5O4. The van der Waals surface area contributed by atoms with E-state index in [1.54, 1.807) is 60.7 Å². The molecule has 0 atom stereocenters. The van der Waals surface area contributed by atoms with Crippen LogP contribution in [-0.4, -0.2) is 32.2 Å². The quantitative estimate of drug-likeness (QED) is 0.220. The maximum absolute atomic E-state index is 12.4. The number of hydrogen-bond acceptors (Lipinski definition) is 6. The van der Waals surface area contributed by atoms with Gasteiger partial charge in [0.2, 0.25) is 0 Å². The predicted octanol–water partition coefficient (Wildman–Crippen LogP) is 3.16. The van der Waals surface area contributed by atoms with Crippen molar-refractivity contribution in [1.82, 2.24) is 10.2 Å². The topological polar surface area (TPSA) is 153 Å². The van der Waals surface area contributed by atoms with E-state index in [9.17, 15) is 14.7 Å². The Kier molecular flexibility index (Phi) is 7.08. The lowest BCUT2D eigenvalue weighted by molar-refractivity contribution is 0.0997. The van der Waals surface area contributed by atoms with Crippen LogP contribution in [0.15, 0.2) is 72.8 Å². The molecule has 0 aliphatic heterocycles. The van der Waals surface area contributed by atoms with E-state index in [1.807, 2.05) is 12.1 Å². The average molecular weight is 472 g/mol. The standard InChI is InChI=1S/C26H25N5O4/c27-24(34)23-22(30-31-25(23)28-14-17-5-11-21(33)12-6-17)13-16-3-9-20(10-4-16)29-26(35)19-7-1-18(15-32)2-8-19/h1-12,32-33H,13-15H2,(H2,27,34)(H,29,35)(H2,28,30,31). The molecule has 0 bridgehead atoms. The number of H-pyrrole nitrogens is 1. The number of rotatable bonds is 9. The third-order valence-electron chi connectivity index (χ3n) is 5.48. The normalized spacial score (nSPS) is 10.7. The fraction of sp³-hybridized carbons (Fsp3) is 0.115. The Morgan fingerprint density at radius 1 is 0.886 bits per heavy atom. The second-order valence-corrected chi connectivity index (χ2v) is 7.99. The lowest BCUT2D eigenvalue weighted by Gasteiger charge is -2.08. The van der Waals surface area contributed by atoms with E-state index in [0.29, 0.717) is 35.7 Å². The largest absolute Gasteiger partial charge is 0.508 e. The van der Waals surface area contributed by atoms with Gasteiger partial charge < -0.3 is 26.6 Å². The highest BCUT2D eigenvalue weighted by atomic mass is 16.3. The number of phenols is 1. The molecule has 0 radical (unpaired) electrons. The highest BCUT2D eigenvalue weighted by molar-refractivity contribution is 6.04. The van der Waals surface area contributed by atoms with E-state index in [4.69, 9.17) is 10.8 Å². The zero-order chi connectivity index (χ0) is 24.8. The Bertz CT molecular complexity index is 1310. The van der Waals surface area contributed by atoms with Crippen LogP contribution in [0, 0.1) is 0 Å². The van der Waals surface area contributed by atoms with Crippen LogP contribution < -0.4 is 16.4 Å². The number of aliphatic hydroxyl groups is 1. The number of aromatic hydroxyl groups is 1. The van der Waals surface area contributed by atoms with E-state index >= 15 is 0 Å². The molecule has 4 aromatic rings. The van der Waals surface area contributed by atoms with Gasteiger partial charge in [-0.05, 0) is 53.1 Å². The van der Waals surface area contributed by atoms with Gasteiger partial charge in [-0.1, -0.05) is 36.4 Å². The summed E-state index contributed by atoms with van der Waals surface area (Å²) in [5.41, 5.74) is 10.1. The highest BCUT2D eigenvalue weighted by Gasteiger charge is 2.18. The summed E-state index contributed by atoms with van der Waals surface area (Å²) in [6, 6.07) is 20.7. The number of anilines is 2. The molecule has 0 unspecified atom stereocenters. The van der Waals surface area contributed by atoms with Crippen molar-refractivity contribution in [2.24, 2.45) is 5.73 Å². The van der Waals surface area contributed by atoms with Crippen molar-refractivity contribution in [3.8, 4) is 5.75 Å². The lowest BCUT2D eigenvalue weighted by Crippen LogP contribution is -2.15. The minimum absolute atomic E-state index is 0.0763. The van der Waals surface area contributed by atoms with E-state index in [2.05, 4.69) is 20.8 Å². The van der Waals surface area contributed by atoms with Crippen LogP contribution in [0.3, 0.4) is 0 Å². The van der Waals surface area contributed by atoms with Gasteiger partial charge in [0.1, 0.15) is 11.3 Å². The smallest absolute Gasteiger partial charge is 0.255 e. The summed E-state index contributed by atoms with van der Waals surface area (Å²) >= 11 is 0. The number of benzene rings is 3. The van der Waals surface area contributed by atoms with Gasteiger partial charge in [0.05, 0.1) is 12.3 Å². The van der Waals surface area contributed by atoms with Gasteiger partial charge in [-0.2, -0.15) is 5.10 Å². The molecular weight excluding hydrogens is 446 g/mol. The number of primary amides is 1. The number of aromatic nitrogens is 2. The van der Waals surface area contributed by atoms with Crippen molar-refractivity contribution in [1.29, 1.82) is 0 Å². The minimum Gasteiger partial charge on any atom is -0.508 e. The molecule has 9 heteroatoms. The fourth-order valence-electron chi connectivity index (χ4n) is 3.57. The van der Waals surface area contributed by atoms with Crippen molar-refractivity contribution in [2.45, 2.75) is 19.6 Å². The molecule has 4 rings (SSSR count). The number of hydrogen-bond donors (Lipinski definition) is 6. The second kappa shape index (κ2) is 10.5. The molecule has 0 fully saturated rings. The Labute approximate surface area is 201 Å². The third-order valence-corrected chi connectivity index (χ3v) is 5.48. The summed E-state index contributed by atoms with van der Waals surface area (Å²) in [7, 11) is 0. The SMILES string of the molecule is NC(=O)c1c(NCc2ccc(O)cc2)n[nH]c1Cc1ccc(NC(=O)c2ccc(CO)cc2)cc1. The first-order valence-electron chi connectivity index (χ1n) is 10.9. The monoisotopic (exact) mass is 471 g/mol. The van der Waals surface area contributed by atoms with Gasteiger partial charge in [-0.15, -0.1) is 0 Å². The van der Waals surface area contributed by atoms with Gasteiger partial charge >= 0.3 is 0 Å². The summed E-state index contributed by atoms with van der Waals surface area (Å²) in [6.07, 6.45) is 0.392. The van der Waals surface area contributed by atoms with Crippen molar-refractivity contribution >= 4 is 23.3 Å². The van der Waals surface area contributed by atoms with Crippen LogP contribution in [0.1, 0.15) is 43.1 Å². The first-order valence-corrected chi connectivity index (χ1v) is 10.9. The fourth-order valence-corrected chi connectivity index (χ4v) is 3.57. The molecule has 1 heterocycles. The van der Waals surface area contributed by atoms with Crippen LogP contribution >= 0.6 is 0 Å². The number of phenolic OH excluding ortho intramolecular Hbond substituents is 1. The molecule has 3 aromatic carbocycles. The number of nitrogens with two attached hydrogens (primary N) is 1. The van der Waals surface area contributed by atoms with E-state index in [0.717, 1.165) is 16.7 Å². The van der Waals surface area contributed by atoms with Gasteiger partial charge in [0, 0.05) is 24.2 Å². The summed E-state index contributed by atoms with van der Waals surface area (Å²) < 4.78 is 0. The van der Waals surface area contributed by atoms with Crippen LogP contribution in [-0.2, 0) is 19.6 Å².